The number of hydrogen-bond donors (Lipinski definition) is 1. The van der Waals surface area contributed by atoms with Gasteiger partial charge >= 0.3 is 5.82 Å². The van der Waals surface area contributed by atoms with Gasteiger partial charge in [-0.25, -0.2) is 0 Å². The number of rotatable bonds is 2. The van der Waals surface area contributed by atoms with Crippen molar-refractivity contribution < 1.29 is 10.0 Å². The molecule has 2 heterocycles. The molecule has 20 heavy (non-hydrogen) atoms. The van der Waals surface area contributed by atoms with Crippen LogP contribution in [0.2, 0.25) is 0 Å². The minimum absolute atomic E-state index is 0.0660. The van der Waals surface area contributed by atoms with Crippen molar-refractivity contribution in [1.82, 2.24) is 4.98 Å². The molecule has 1 aliphatic heterocycles. The van der Waals surface area contributed by atoms with E-state index in [2.05, 4.69) is 9.88 Å². The number of aliphatic hydroxyl groups excluding tert-OH is 1. The third-order valence-electron chi connectivity index (χ3n) is 5.24. The van der Waals surface area contributed by atoms with Crippen LogP contribution in [0.15, 0.2) is 18.3 Å². The lowest BCUT2D eigenvalue weighted by Crippen LogP contribution is -2.52. The Morgan fingerprint density at radius 2 is 1.85 bits per heavy atom. The molecule has 2 aliphatic carbocycles. The Morgan fingerprint density at radius 3 is 2.25 bits per heavy atom. The molecule has 1 N–H and O–H groups in total. The molecule has 0 aromatic carbocycles. The van der Waals surface area contributed by atoms with Gasteiger partial charge in [0.15, 0.2) is 6.20 Å². The number of aromatic nitrogens is 1. The van der Waals surface area contributed by atoms with E-state index in [9.17, 15) is 15.2 Å². The van der Waals surface area contributed by atoms with Crippen molar-refractivity contribution in [2.24, 2.45) is 10.8 Å². The topological polar surface area (TPSA) is 79.5 Å². The van der Waals surface area contributed by atoms with Gasteiger partial charge < -0.3 is 20.1 Å². The highest BCUT2D eigenvalue weighted by atomic mass is 16.6. The first-order chi connectivity index (χ1) is 9.55. The molecular weight excluding hydrogens is 258 g/mol. The highest BCUT2D eigenvalue weighted by molar-refractivity contribution is 5.49. The molecular formula is C14H17N3O3. The quantitative estimate of drug-likeness (QED) is 0.657. The van der Waals surface area contributed by atoms with Crippen LogP contribution in [0.3, 0.4) is 0 Å². The van der Waals surface area contributed by atoms with Gasteiger partial charge in [-0.2, -0.15) is 0 Å². The number of hydrogen-bond acceptors (Lipinski definition) is 5. The van der Waals surface area contributed by atoms with Gasteiger partial charge in [0.1, 0.15) is 0 Å². The normalized spacial score (nSPS) is 25.9. The number of aliphatic hydroxyl groups is 1. The molecule has 3 aliphatic rings. The van der Waals surface area contributed by atoms with Gasteiger partial charge in [-0.1, -0.05) is 0 Å². The minimum Gasteiger partial charge on any atom is -0.392 e. The second-order valence-corrected chi connectivity index (χ2v) is 6.62. The first-order valence-electron chi connectivity index (χ1n) is 7.08. The van der Waals surface area contributed by atoms with Crippen molar-refractivity contribution in [3.63, 3.8) is 0 Å². The molecule has 4 rings (SSSR count). The summed E-state index contributed by atoms with van der Waals surface area (Å²) in [6, 6.07) is 3.23. The minimum atomic E-state index is -0.478. The Kier molecular flexibility index (Phi) is 2.23. The van der Waals surface area contributed by atoms with Gasteiger partial charge in [0.25, 0.3) is 0 Å². The Hall–Kier alpha value is -1.69. The van der Waals surface area contributed by atoms with Crippen LogP contribution in [0, 0.1) is 20.9 Å². The Bertz CT molecular complexity index is 542. The fraction of sp³-hybridized carbons (Fsp3) is 0.643. The molecule has 2 spiro atoms. The summed E-state index contributed by atoms with van der Waals surface area (Å²) >= 11 is 0. The molecule has 1 saturated heterocycles. The summed E-state index contributed by atoms with van der Waals surface area (Å²) in [5, 5.41) is 21.2. The highest BCUT2D eigenvalue weighted by Gasteiger charge is 2.65. The zero-order valence-corrected chi connectivity index (χ0v) is 11.2. The van der Waals surface area contributed by atoms with Gasteiger partial charge in [-0.3, -0.25) is 0 Å². The van der Waals surface area contributed by atoms with Gasteiger partial charge in [0.05, 0.1) is 11.8 Å². The summed E-state index contributed by atoms with van der Waals surface area (Å²) < 4.78 is 0. The van der Waals surface area contributed by atoms with Crippen LogP contribution in [-0.2, 0) is 0 Å². The maximum absolute atomic E-state index is 10.7. The van der Waals surface area contributed by atoms with Crippen LogP contribution in [0.1, 0.15) is 25.7 Å². The monoisotopic (exact) mass is 275 g/mol. The van der Waals surface area contributed by atoms with Gasteiger partial charge in [0.2, 0.25) is 0 Å². The summed E-state index contributed by atoms with van der Waals surface area (Å²) in [4.78, 5) is 16.3. The highest BCUT2D eigenvalue weighted by Crippen LogP contribution is 2.64. The number of nitro groups is 1. The Balaban J connectivity index is 1.61. The van der Waals surface area contributed by atoms with Crippen molar-refractivity contribution >= 4 is 11.5 Å². The van der Waals surface area contributed by atoms with E-state index in [0.29, 0.717) is 0 Å². The van der Waals surface area contributed by atoms with Crippen molar-refractivity contribution in [3.05, 3.63) is 28.4 Å². The zero-order valence-electron chi connectivity index (χ0n) is 11.2. The van der Waals surface area contributed by atoms with Gasteiger partial charge in [-0.05, 0) is 41.7 Å². The Labute approximate surface area is 116 Å². The van der Waals surface area contributed by atoms with E-state index in [-0.39, 0.29) is 22.8 Å². The SMILES string of the molecule is O=[N+]([O-])c1ccc(N2CC3(CC3)C(O)C3(CC3)C2)cn1. The lowest BCUT2D eigenvalue weighted by molar-refractivity contribution is -0.389. The fourth-order valence-electron chi connectivity index (χ4n) is 3.68. The fourth-order valence-corrected chi connectivity index (χ4v) is 3.68. The molecule has 106 valence electrons. The van der Waals surface area contributed by atoms with Crippen LogP contribution in [0.5, 0.6) is 0 Å². The van der Waals surface area contributed by atoms with Gasteiger partial charge in [-0.15, -0.1) is 0 Å². The van der Waals surface area contributed by atoms with E-state index >= 15 is 0 Å². The molecule has 0 atom stereocenters. The second kappa shape index (κ2) is 3.69. The predicted molar refractivity (Wildman–Crippen MR) is 72.4 cm³/mol. The molecule has 1 aromatic heterocycles. The van der Waals surface area contributed by atoms with Crippen molar-refractivity contribution in [2.75, 3.05) is 18.0 Å². The number of piperidine rings is 1. The van der Waals surface area contributed by atoms with Crippen molar-refractivity contribution in [3.8, 4) is 0 Å². The average Bonchev–Trinajstić information content (AvgIpc) is 3.34. The summed E-state index contributed by atoms with van der Waals surface area (Å²) in [5.74, 6) is -0.118. The molecule has 0 amide bonds. The van der Waals surface area contributed by atoms with Crippen LogP contribution in [0.25, 0.3) is 0 Å². The lowest BCUT2D eigenvalue weighted by atomic mass is 9.80. The molecule has 0 unspecified atom stereocenters. The standard InChI is InChI=1S/C14H17N3O3/c18-12-13(3-4-13)8-16(9-14(12)5-6-14)10-1-2-11(15-7-10)17(19)20/h1-2,7,12,18H,3-6,8-9H2. The first-order valence-corrected chi connectivity index (χ1v) is 7.08. The molecule has 1 aromatic rings. The van der Waals surface area contributed by atoms with E-state index in [1.807, 2.05) is 0 Å². The average molecular weight is 275 g/mol. The van der Waals surface area contributed by atoms with Gasteiger partial charge in [0, 0.05) is 30.0 Å². The smallest absolute Gasteiger partial charge is 0.363 e. The molecule has 2 saturated carbocycles. The van der Waals surface area contributed by atoms with E-state index in [1.54, 1.807) is 12.3 Å². The molecule has 3 fully saturated rings. The maximum atomic E-state index is 10.7. The summed E-state index contributed by atoms with van der Waals surface area (Å²) in [7, 11) is 0. The number of nitrogens with zero attached hydrogens (tertiary/aromatic N) is 3. The van der Waals surface area contributed by atoms with E-state index < -0.39 is 4.92 Å². The van der Waals surface area contributed by atoms with Crippen molar-refractivity contribution in [1.29, 1.82) is 0 Å². The third-order valence-corrected chi connectivity index (χ3v) is 5.24. The predicted octanol–water partition coefficient (Wildman–Crippen LogP) is 1.73. The number of anilines is 1. The Morgan fingerprint density at radius 1 is 1.25 bits per heavy atom. The largest absolute Gasteiger partial charge is 0.392 e. The third kappa shape index (κ3) is 1.64. The molecule has 6 heteroatoms. The van der Waals surface area contributed by atoms with Crippen LogP contribution < -0.4 is 4.90 Å². The first kappa shape index (κ1) is 12.1. The zero-order chi connectivity index (χ0) is 14.0. The van der Waals surface area contributed by atoms with E-state index in [4.69, 9.17) is 0 Å². The number of pyridine rings is 1. The molecule has 0 radical (unpaired) electrons. The summed E-state index contributed by atoms with van der Waals surface area (Å²) in [5.41, 5.74) is 1.06. The molecule has 6 nitrogen and oxygen atoms in total. The van der Waals surface area contributed by atoms with Crippen LogP contribution >= 0.6 is 0 Å². The second-order valence-electron chi connectivity index (χ2n) is 6.62. The van der Waals surface area contributed by atoms with E-state index in [1.165, 1.54) is 6.07 Å². The summed E-state index contributed by atoms with van der Waals surface area (Å²) in [6.07, 6.45) is 5.78. The lowest BCUT2D eigenvalue weighted by Gasteiger charge is -2.43. The maximum Gasteiger partial charge on any atom is 0.363 e. The summed E-state index contributed by atoms with van der Waals surface area (Å²) in [6.45, 7) is 1.69. The van der Waals surface area contributed by atoms with Crippen molar-refractivity contribution in [2.45, 2.75) is 31.8 Å². The van der Waals surface area contributed by atoms with Crippen LogP contribution in [-0.4, -0.2) is 34.2 Å². The molecule has 0 bridgehead atoms. The van der Waals surface area contributed by atoms with Crippen LogP contribution in [0.4, 0.5) is 11.5 Å². The van der Waals surface area contributed by atoms with E-state index in [0.717, 1.165) is 44.5 Å².